The minimum Gasteiger partial charge on any atom is -0.399 e. The lowest BCUT2D eigenvalue weighted by molar-refractivity contribution is -0.116. The number of hydrogen-bond acceptors (Lipinski definition) is 2. The highest BCUT2D eigenvalue weighted by atomic mass is 35.5. The van der Waals surface area contributed by atoms with Gasteiger partial charge in [-0.25, -0.2) is 0 Å². The Labute approximate surface area is 123 Å². The number of benzene rings is 2. The highest BCUT2D eigenvalue weighted by Gasteiger charge is 2.06. The van der Waals surface area contributed by atoms with Gasteiger partial charge in [0.1, 0.15) is 0 Å². The van der Waals surface area contributed by atoms with E-state index in [1.807, 2.05) is 31.2 Å². The third kappa shape index (κ3) is 4.00. The van der Waals surface area contributed by atoms with Crippen molar-refractivity contribution in [1.29, 1.82) is 0 Å². The fourth-order valence-corrected chi connectivity index (χ4v) is 2.03. The SMILES string of the molecule is Cc1ccc(CCC(=O)Nc2cc(N)ccc2Cl)cc1. The molecule has 0 aliphatic carbocycles. The Bertz CT molecular complexity index is 608. The molecule has 0 atom stereocenters. The largest absolute Gasteiger partial charge is 0.399 e. The Hall–Kier alpha value is -2.00. The van der Waals surface area contributed by atoms with Gasteiger partial charge in [-0.1, -0.05) is 41.4 Å². The number of amides is 1. The van der Waals surface area contributed by atoms with Crippen LogP contribution in [0, 0.1) is 6.92 Å². The van der Waals surface area contributed by atoms with Crippen LogP contribution in [-0.2, 0) is 11.2 Å². The Morgan fingerprint density at radius 2 is 1.90 bits per heavy atom. The van der Waals surface area contributed by atoms with Crippen molar-refractivity contribution in [2.24, 2.45) is 0 Å². The van der Waals surface area contributed by atoms with Gasteiger partial charge in [0.05, 0.1) is 10.7 Å². The molecule has 0 saturated carbocycles. The Morgan fingerprint density at radius 3 is 2.60 bits per heavy atom. The number of nitrogens with two attached hydrogens (primary N) is 1. The van der Waals surface area contributed by atoms with Crippen LogP contribution in [-0.4, -0.2) is 5.91 Å². The number of aryl methyl sites for hydroxylation is 2. The summed E-state index contributed by atoms with van der Waals surface area (Å²) >= 11 is 6.00. The van der Waals surface area contributed by atoms with E-state index in [4.69, 9.17) is 17.3 Å². The van der Waals surface area contributed by atoms with Crippen LogP contribution in [0.25, 0.3) is 0 Å². The normalized spacial score (nSPS) is 10.3. The third-order valence-corrected chi connectivity index (χ3v) is 3.36. The van der Waals surface area contributed by atoms with Crippen LogP contribution >= 0.6 is 11.6 Å². The molecule has 0 unspecified atom stereocenters. The van der Waals surface area contributed by atoms with Crippen LogP contribution < -0.4 is 11.1 Å². The zero-order chi connectivity index (χ0) is 14.5. The van der Waals surface area contributed by atoms with Crippen molar-refractivity contribution >= 4 is 28.9 Å². The van der Waals surface area contributed by atoms with Gasteiger partial charge < -0.3 is 11.1 Å². The molecule has 0 radical (unpaired) electrons. The van der Waals surface area contributed by atoms with E-state index in [1.54, 1.807) is 18.2 Å². The molecule has 2 aromatic rings. The first-order chi connectivity index (χ1) is 9.54. The van der Waals surface area contributed by atoms with E-state index in [2.05, 4.69) is 5.32 Å². The number of anilines is 2. The van der Waals surface area contributed by atoms with E-state index in [-0.39, 0.29) is 5.91 Å². The molecule has 0 heterocycles. The lowest BCUT2D eigenvalue weighted by Gasteiger charge is -2.08. The molecule has 0 saturated heterocycles. The van der Waals surface area contributed by atoms with Crippen molar-refractivity contribution in [3.05, 3.63) is 58.6 Å². The molecule has 2 rings (SSSR count). The summed E-state index contributed by atoms with van der Waals surface area (Å²) in [7, 11) is 0. The second kappa shape index (κ2) is 6.44. The molecule has 0 aliphatic heterocycles. The second-order valence-corrected chi connectivity index (χ2v) is 5.18. The van der Waals surface area contributed by atoms with Crippen molar-refractivity contribution in [2.75, 3.05) is 11.1 Å². The first-order valence-electron chi connectivity index (χ1n) is 6.45. The summed E-state index contributed by atoms with van der Waals surface area (Å²) in [6.45, 7) is 2.04. The van der Waals surface area contributed by atoms with E-state index in [0.29, 0.717) is 29.2 Å². The molecule has 0 fully saturated rings. The van der Waals surface area contributed by atoms with Crippen LogP contribution in [0.1, 0.15) is 17.5 Å². The number of nitrogen functional groups attached to an aromatic ring is 1. The summed E-state index contributed by atoms with van der Waals surface area (Å²) in [6, 6.07) is 13.2. The standard InChI is InChI=1S/C16H17ClN2O/c1-11-2-4-12(5-3-11)6-9-16(20)19-15-10-13(18)7-8-14(15)17/h2-5,7-8,10H,6,9,18H2,1H3,(H,19,20). The molecule has 0 spiro atoms. The molecule has 1 amide bonds. The van der Waals surface area contributed by atoms with Crippen molar-refractivity contribution in [3.8, 4) is 0 Å². The molecular weight excluding hydrogens is 272 g/mol. The lowest BCUT2D eigenvalue weighted by atomic mass is 10.1. The average molecular weight is 289 g/mol. The molecule has 0 aliphatic rings. The summed E-state index contributed by atoms with van der Waals surface area (Å²) in [4.78, 5) is 11.9. The molecule has 20 heavy (non-hydrogen) atoms. The Kier molecular flexibility index (Phi) is 4.64. The van der Waals surface area contributed by atoms with Crippen LogP contribution in [0.15, 0.2) is 42.5 Å². The predicted molar refractivity (Wildman–Crippen MR) is 84.0 cm³/mol. The maximum atomic E-state index is 11.9. The number of nitrogens with one attached hydrogen (secondary N) is 1. The highest BCUT2D eigenvalue weighted by molar-refractivity contribution is 6.33. The average Bonchev–Trinajstić information content (AvgIpc) is 2.42. The number of hydrogen-bond donors (Lipinski definition) is 2. The summed E-state index contributed by atoms with van der Waals surface area (Å²) in [5.74, 6) is -0.0712. The summed E-state index contributed by atoms with van der Waals surface area (Å²) < 4.78 is 0. The first-order valence-corrected chi connectivity index (χ1v) is 6.83. The zero-order valence-electron chi connectivity index (χ0n) is 11.3. The van der Waals surface area contributed by atoms with E-state index in [0.717, 1.165) is 5.56 Å². The molecule has 0 aromatic heterocycles. The van der Waals surface area contributed by atoms with Gasteiger partial charge in [-0.05, 0) is 37.1 Å². The molecule has 104 valence electrons. The third-order valence-electron chi connectivity index (χ3n) is 3.03. The molecule has 0 bridgehead atoms. The summed E-state index contributed by atoms with van der Waals surface area (Å²) in [6.07, 6.45) is 1.11. The second-order valence-electron chi connectivity index (χ2n) is 4.77. The Morgan fingerprint density at radius 1 is 1.20 bits per heavy atom. The first kappa shape index (κ1) is 14.4. The monoisotopic (exact) mass is 288 g/mol. The molecule has 3 N–H and O–H groups in total. The summed E-state index contributed by atoms with van der Waals surface area (Å²) in [5.41, 5.74) is 9.16. The van der Waals surface area contributed by atoms with Crippen LogP contribution in [0.5, 0.6) is 0 Å². The van der Waals surface area contributed by atoms with Gasteiger partial charge in [0.25, 0.3) is 0 Å². The van der Waals surface area contributed by atoms with Crippen molar-refractivity contribution in [1.82, 2.24) is 0 Å². The fourth-order valence-electron chi connectivity index (χ4n) is 1.86. The van der Waals surface area contributed by atoms with Gasteiger partial charge in [0.2, 0.25) is 5.91 Å². The minimum absolute atomic E-state index is 0.0712. The highest BCUT2D eigenvalue weighted by Crippen LogP contribution is 2.24. The molecule has 4 heteroatoms. The van der Waals surface area contributed by atoms with E-state index in [9.17, 15) is 4.79 Å². The minimum atomic E-state index is -0.0712. The maximum absolute atomic E-state index is 11.9. The van der Waals surface area contributed by atoms with E-state index < -0.39 is 0 Å². The smallest absolute Gasteiger partial charge is 0.224 e. The van der Waals surface area contributed by atoms with Crippen LogP contribution in [0.3, 0.4) is 0 Å². The van der Waals surface area contributed by atoms with Gasteiger partial charge >= 0.3 is 0 Å². The number of carbonyl (C=O) groups excluding carboxylic acids is 1. The quantitative estimate of drug-likeness (QED) is 0.841. The Balaban J connectivity index is 1.92. The van der Waals surface area contributed by atoms with Gasteiger partial charge in [-0.15, -0.1) is 0 Å². The van der Waals surface area contributed by atoms with E-state index >= 15 is 0 Å². The van der Waals surface area contributed by atoms with Gasteiger partial charge in [-0.2, -0.15) is 0 Å². The molecule has 2 aromatic carbocycles. The molecule has 3 nitrogen and oxygen atoms in total. The topological polar surface area (TPSA) is 55.1 Å². The van der Waals surface area contributed by atoms with Crippen molar-refractivity contribution in [2.45, 2.75) is 19.8 Å². The fraction of sp³-hybridized carbons (Fsp3) is 0.188. The lowest BCUT2D eigenvalue weighted by Crippen LogP contribution is -2.12. The number of carbonyl (C=O) groups is 1. The van der Waals surface area contributed by atoms with Crippen LogP contribution in [0.4, 0.5) is 11.4 Å². The number of halogens is 1. The maximum Gasteiger partial charge on any atom is 0.224 e. The van der Waals surface area contributed by atoms with Crippen molar-refractivity contribution < 1.29 is 4.79 Å². The van der Waals surface area contributed by atoms with Gasteiger partial charge in [0.15, 0.2) is 0 Å². The summed E-state index contributed by atoms with van der Waals surface area (Å²) in [5, 5.41) is 3.27. The predicted octanol–water partition coefficient (Wildman–Crippen LogP) is 3.80. The van der Waals surface area contributed by atoms with Crippen LogP contribution in [0.2, 0.25) is 5.02 Å². The zero-order valence-corrected chi connectivity index (χ0v) is 12.1. The van der Waals surface area contributed by atoms with E-state index in [1.165, 1.54) is 5.56 Å². The molecular formula is C16H17ClN2O. The van der Waals surface area contributed by atoms with Gasteiger partial charge in [-0.3, -0.25) is 4.79 Å². The number of rotatable bonds is 4. The van der Waals surface area contributed by atoms with Gasteiger partial charge in [0, 0.05) is 12.1 Å². The van der Waals surface area contributed by atoms with Crippen molar-refractivity contribution in [3.63, 3.8) is 0 Å².